The van der Waals surface area contributed by atoms with Crippen LogP contribution >= 0.6 is 0 Å². The molecule has 2 aliphatic carbocycles. The van der Waals surface area contributed by atoms with Crippen LogP contribution in [0.4, 0.5) is 9.59 Å². The van der Waals surface area contributed by atoms with E-state index in [0.29, 0.717) is 41.5 Å². The second-order valence-corrected chi connectivity index (χ2v) is 38.6. The van der Waals surface area contributed by atoms with Crippen molar-refractivity contribution >= 4 is 40.2 Å². The molecule has 13 atom stereocenters. The molecule has 0 spiro atoms. The lowest BCUT2D eigenvalue weighted by Crippen LogP contribution is -2.68. The molecule has 4 aromatic rings. The third kappa shape index (κ3) is 27.1. The predicted octanol–water partition coefficient (Wildman–Crippen LogP) is 16.8. The van der Waals surface area contributed by atoms with Gasteiger partial charge in [-0.1, -0.05) is 137 Å². The number of fused-ring (bicyclic) bond motifs is 9. The second-order valence-electron chi connectivity index (χ2n) is 37.2. The maximum absolute atomic E-state index is 13.4. The largest absolute Gasteiger partial charge is 0.480 e. The Hall–Kier alpha value is -6.42. The van der Waals surface area contributed by atoms with Gasteiger partial charge in [0.15, 0.2) is 6.04 Å². The molecule has 0 radical (unpaired) electrons. The summed E-state index contributed by atoms with van der Waals surface area (Å²) in [6.07, 6.45) is 10.3. The number of carboxylic acid groups (broad SMARTS) is 1. The summed E-state index contributed by atoms with van der Waals surface area (Å²) < 4.78 is 52.3. The van der Waals surface area contributed by atoms with Crippen molar-refractivity contribution in [3.05, 3.63) is 133 Å². The summed E-state index contributed by atoms with van der Waals surface area (Å²) >= 11 is 0. The van der Waals surface area contributed by atoms with Crippen molar-refractivity contribution in [2.75, 3.05) is 26.2 Å². The number of aliphatic hydroxyl groups excluding tert-OH is 1. The summed E-state index contributed by atoms with van der Waals surface area (Å²) in [7, 11) is -4.02. The number of alkyl carbamates (subject to hydrolysis) is 2. The number of esters is 2. The lowest BCUT2D eigenvalue weighted by molar-refractivity contribution is -0.419. The number of hydrogen-bond donors (Lipinski definition) is 6. The summed E-state index contributed by atoms with van der Waals surface area (Å²) in [5.74, 6) is 2.68. The van der Waals surface area contributed by atoms with Gasteiger partial charge in [-0.05, 0) is 286 Å². The Morgan fingerprint density at radius 1 is 0.518 bits per heavy atom. The molecule has 0 aromatic heterocycles. The number of hydrogen-bond acceptors (Lipinski definition) is 14. The van der Waals surface area contributed by atoms with Crippen LogP contribution in [0.2, 0.25) is 0 Å². The number of aryl methyl sites for hydroxylation is 8. The first-order valence-corrected chi connectivity index (χ1v) is 42.4. The summed E-state index contributed by atoms with van der Waals surface area (Å²) in [4.78, 5) is 65.7. The van der Waals surface area contributed by atoms with Crippen molar-refractivity contribution in [2.45, 2.75) is 314 Å². The molecule has 1 saturated carbocycles. The lowest BCUT2D eigenvalue weighted by Gasteiger charge is -2.47. The number of aliphatic carboxylic acids is 1. The van der Waals surface area contributed by atoms with Gasteiger partial charge >= 0.3 is 30.1 Å². The van der Waals surface area contributed by atoms with Crippen molar-refractivity contribution in [3.63, 3.8) is 0 Å². The number of piperidine rings is 2. The first-order chi connectivity index (χ1) is 51.0. The second kappa shape index (κ2) is 40.0. The first-order valence-electron chi connectivity index (χ1n) is 41.0. The number of nitrogens with zero attached hydrogens (tertiary/aromatic N) is 2. The monoisotopic (exact) mass is 1550 g/mol. The smallest absolute Gasteiger partial charge is 0.408 e. The highest BCUT2D eigenvalue weighted by atomic mass is 32.2. The molecule has 0 bridgehead atoms. The normalized spacial score (nSPS) is 23.2. The SMILES string of the molecule is CC(C)[C@H](NC(=O)OC(C)(C)C)C(=O)O.Cc1cc2c(cc1C)[C@H]1C[C@@H](O)[C@H](CC(C)C)CN1CC2.Cc1cc2c(cc1C)[C@H]1C[C@@H](OC(=O)[C@@H](NC(=O)OC(C)(C)C)C(C)C)[C@H](CC(C)C)CN1CC2.Cc1cc2c(cc1C)[C@H]1C[C@@H](OC(=O)[C@@H]([NH3+])C(C)C)[C@H](CC(C)C)CC1CC2.Cc1ccc(S(=O)(=O)O)cc1. The average Bonchev–Trinajstić information content (AvgIpc) is 0.777. The van der Waals surface area contributed by atoms with Crippen molar-refractivity contribution < 1.29 is 71.8 Å². The highest BCUT2D eigenvalue weighted by Crippen LogP contribution is 2.50. The molecule has 4 aliphatic heterocycles. The first kappa shape index (κ1) is 92.4. The molecule has 2 amide bonds. The third-order valence-corrected chi connectivity index (χ3v) is 23.9. The number of nitrogens with one attached hydrogen (secondary N) is 2. The molecule has 20 heteroatoms. The maximum atomic E-state index is 13.4. The minimum Gasteiger partial charge on any atom is -0.480 e. The fourth-order valence-electron chi connectivity index (χ4n) is 16.7. The van der Waals surface area contributed by atoms with Crippen LogP contribution < -0.4 is 16.4 Å². The maximum Gasteiger partial charge on any atom is 0.408 e. The topological polar surface area (TPSA) is 275 Å². The third-order valence-electron chi connectivity index (χ3n) is 23.0. The fourth-order valence-corrected chi connectivity index (χ4v) is 17.2. The van der Waals surface area contributed by atoms with Crippen LogP contribution in [-0.4, -0.2) is 137 Å². The number of carbonyl (C=O) groups excluding carboxylic acids is 4. The molecule has 2 saturated heterocycles. The predicted molar refractivity (Wildman–Crippen MR) is 438 cm³/mol. The van der Waals surface area contributed by atoms with Gasteiger partial charge in [-0.25, -0.2) is 24.0 Å². The number of benzene rings is 4. The molecule has 19 nitrogen and oxygen atoms in total. The van der Waals surface area contributed by atoms with E-state index in [1.165, 1.54) is 98.2 Å². The number of amides is 2. The molecule has 110 heavy (non-hydrogen) atoms. The Bertz CT molecular complexity index is 3840. The van der Waals surface area contributed by atoms with Gasteiger partial charge in [-0.15, -0.1) is 0 Å². The number of quaternary nitrogens is 1. The van der Waals surface area contributed by atoms with E-state index < -0.39 is 51.6 Å². The number of rotatable bonds is 17. The molecular weight excluding hydrogens is 1410 g/mol. The zero-order chi connectivity index (χ0) is 82.5. The van der Waals surface area contributed by atoms with E-state index in [0.717, 1.165) is 89.0 Å². The number of carboxylic acids is 1. The highest BCUT2D eigenvalue weighted by Gasteiger charge is 2.46. The number of ether oxygens (including phenoxy) is 4. The van der Waals surface area contributed by atoms with Gasteiger partial charge in [0, 0.05) is 56.5 Å². The van der Waals surface area contributed by atoms with Crippen LogP contribution in [0.25, 0.3) is 0 Å². The Balaban J connectivity index is 0.000000226. The van der Waals surface area contributed by atoms with E-state index in [-0.39, 0.29) is 70.9 Å². The molecule has 4 aromatic carbocycles. The Morgan fingerprint density at radius 2 is 0.918 bits per heavy atom. The van der Waals surface area contributed by atoms with E-state index in [2.05, 4.69) is 146 Å². The average molecular weight is 1550 g/mol. The zero-order valence-electron chi connectivity index (χ0n) is 71.7. The fraction of sp³-hybridized carbons (Fsp3) is 0.678. The van der Waals surface area contributed by atoms with Gasteiger partial charge in [0.1, 0.15) is 35.5 Å². The van der Waals surface area contributed by atoms with E-state index in [1.807, 2.05) is 55.4 Å². The molecule has 6 aliphatic rings. The summed E-state index contributed by atoms with van der Waals surface area (Å²) in [6, 6.07) is 19.0. The molecule has 4 heterocycles. The van der Waals surface area contributed by atoms with Crippen molar-refractivity contribution in [1.29, 1.82) is 0 Å². The van der Waals surface area contributed by atoms with E-state index in [9.17, 15) is 37.5 Å². The quantitative estimate of drug-likeness (QED) is 0.0326. The Labute approximate surface area is 661 Å². The van der Waals surface area contributed by atoms with Crippen molar-refractivity contribution in [2.24, 2.45) is 59.2 Å². The molecule has 1 unspecified atom stereocenters. The van der Waals surface area contributed by atoms with E-state index in [1.54, 1.807) is 46.8 Å². The molecule has 10 rings (SSSR count). The van der Waals surface area contributed by atoms with Crippen LogP contribution in [0, 0.1) is 108 Å². The van der Waals surface area contributed by atoms with Crippen molar-refractivity contribution in [3.8, 4) is 0 Å². The van der Waals surface area contributed by atoms with Crippen LogP contribution in [0.1, 0.15) is 266 Å². The minimum atomic E-state index is -4.02. The van der Waals surface area contributed by atoms with Gasteiger partial charge in [-0.3, -0.25) is 14.4 Å². The Morgan fingerprint density at radius 3 is 1.35 bits per heavy atom. The minimum absolute atomic E-state index is 0.0340. The Kier molecular flexibility index (Phi) is 33.7. The summed E-state index contributed by atoms with van der Waals surface area (Å²) in [6.45, 7) is 54.7. The van der Waals surface area contributed by atoms with Crippen LogP contribution in [-0.2, 0) is 62.7 Å². The summed E-state index contributed by atoms with van der Waals surface area (Å²) in [5, 5.41) is 24.5. The van der Waals surface area contributed by atoms with Crippen molar-refractivity contribution in [1.82, 2.24) is 20.4 Å². The number of aliphatic hydroxyl groups is 1. The van der Waals surface area contributed by atoms with E-state index >= 15 is 0 Å². The van der Waals surface area contributed by atoms with Crippen LogP contribution in [0.15, 0.2) is 65.6 Å². The lowest BCUT2D eigenvalue weighted by atomic mass is 9.63. The van der Waals surface area contributed by atoms with Gasteiger partial charge in [0.05, 0.1) is 11.0 Å². The highest BCUT2D eigenvalue weighted by molar-refractivity contribution is 7.85. The van der Waals surface area contributed by atoms with Gasteiger partial charge in [0.2, 0.25) is 0 Å². The standard InChI is InChI=1S/C29H46N2O4.C25H39NO2.C19H29NO.C10H19NO4.C7H8O3S/c1-17(2)12-22-16-31-11-10-21-13-19(5)20(6)14-23(21)24(31)15-25(22)34-27(32)26(18(3)4)30-28(33)35-29(7,8)9;1-14(2)9-20-12-19-8-7-18-10-16(5)17(6)11-21(18)22(19)13-23(20)28-25(27)24(26)15(3)4;1-12(2)7-16-11-20-6-5-15-8-13(3)14(4)9-17(15)18(20)10-19(16)21;1-6(2)7(8(12)13)11-9(14)15-10(3,4)5;1-6-2-4-7(5-3-6)11(8,9)10/h13-14,17-18,22,24-26H,10-12,15-16H2,1-9H3,(H,30,33);10-11,14-15,19-20,22-24H,7-9,12-13,26H2,1-6H3;8-9,12,16,18-19,21H,5-7,10-11H2,1-4H3;6-7H,1-5H3,(H,11,14)(H,12,13);2-5H,1H3,(H,8,9,10)/p+1/t22-,24-,25-,26+;19?,20-,22+,23-,24+;16-,18-,19-;7-;/m1110./s1. The molecule has 8 N–H and O–H groups in total. The van der Waals surface area contributed by atoms with Gasteiger partial charge in [-0.2, -0.15) is 8.42 Å². The molecule has 616 valence electrons. The van der Waals surface area contributed by atoms with Gasteiger partial charge in [0.25, 0.3) is 10.1 Å². The summed E-state index contributed by atoms with van der Waals surface area (Å²) in [5.41, 5.74) is 20.8. The van der Waals surface area contributed by atoms with E-state index in [4.69, 9.17) is 28.6 Å². The zero-order valence-corrected chi connectivity index (χ0v) is 72.5. The van der Waals surface area contributed by atoms with Crippen LogP contribution in [0.3, 0.4) is 0 Å². The van der Waals surface area contributed by atoms with Crippen LogP contribution in [0.5, 0.6) is 0 Å². The molecular formula is C90H142N5O14S+. The van der Waals surface area contributed by atoms with Gasteiger partial charge < -0.3 is 45.5 Å². The number of carbonyl (C=O) groups is 5. The molecule has 3 fully saturated rings.